The van der Waals surface area contributed by atoms with Crippen LogP contribution in [0.25, 0.3) is 0 Å². The van der Waals surface area contributed by atoms with Gasteiger partial charge in [-0.3, -0.25) is 4.79 Å². The van der Waals surface area contributed by atoms with Crippen LogP contribution in [-0.4, -0.2) is 52.0 Å². The van der Waals surface area contributed by atoms with Crippen LogP contribution in [0.4, 0.5) is 4.39 Å². The molecule has 0 bridgehead atoms. The Balaban J connectivity index is 1.36. The molecule has 2 aliphatic heterocycles. The Labute approximate surface area is 192 Å². The molecule has 8 nitrogen and oxygen atoms in total. The molecule has 2 aromatic rings. The molecular formula is C23H27FN2O6S. The molecule has 0 aliphatic carbocycles. The van der Waals surface area contributed by atoms with E-state index in [0.717, 1.165) is 0 Å². The standard InChI is InChI=1S/C23H27FN2O6S/c1-15(17-3-5-20(30-2)19(24)13-17)25-23(27)16-7-9-26(10-8-16)33(28,29)18-4-6-21-22(14-18)32-12-11-31-21/h3-6,13-16H,7-12H2,1-2H3,(H,25,27)/t15-/m0/s1. The van der Waals surface area contributed by atoms with Gasteiger partial charge in [0.1, 0.15) is 13.2 Å². The van der Waals surface area contributed by atoms with E-state index in [4.69, 9.17) is 14.2 Å². The minimum Gasteiger partial charge on any atom is -0.494 e. The number of fused-ring (bicyclic) bond motifs is 1. The SMILES string of the molecule is COc1ccc([C@H](C)NC(=O)C2CCN(S(=O)(=O)c3ccc4c(c3)OCCO4)CC2)cc1F. The van der Waals surface area contributed by atoms with Gasteiger partial charge in [-0.15, -0.1) is 0 Å². The number of benzene rings is 2. The van der Waals surface area contributed by atoms with E-state index in [9.17, 15) is 17.6 Å². The number of nitrogens with one attached hydrogen (secondary N) is 1. The molecule has 2 aromatic carbocycles. The first-order valence-electron chi connectivity index (χ1n) is 10.8. The fraction of sp³-hybridized carbons (Fsp3) is 0.435. The summed E-state index contributed by atoms with van der Waals surface area (Å²) in [7, 11) is -2.32. The molecule has 2 aliphatic rings. The van der Waals surface area contributed by atoms with Gasteiger partial charge in [0.25, 0.3) is 0 Å². The van der Waals surface area contributed by atoms with Crippen molar-refractivity contribution in [1.29, 1.82) is 0 Å². The summed E-state index contributed by atoms with van der Waals surface area (Å²) >= 11 is 0. The monoisotopic (exact) mass is 478 g/mol. The van der Waals surface area contributed by atoms with E-state index in [1.165, 1.54) is 35.7 Å². The highest BCUT2D eigenvalue weighted by Crippen LogP contribution is 2.34. The Kier molecular flexibility index (Phi) is 6.76. The van der Waals surface area contributed by atoms with Crippen molar-refractivity contribution in [3.63, 3.8) is 0 Å². The molecule has 33 heavy (non-hydrogen) atoms. The lowest BCUT2D eigenvalue weighted by Crippen LogP contribution is -2.43. The van der Waals surface area contributed by atoms with Crippen molar-refractivity contribution in [3.05, 3.63) is 47.8 Å². The molecule has 1 saturated heterocycles. The normalized spacial score (nSPS) is 17.9. The molecule has 0 aromatic heterocycles. The number of methoxy groups -OCH3 is 1. The highest BCUT2D eigenvalue weighted by atomic mass is 32.2. The van der Waals surface area contributed by atoms with Gasteiger partial charge in [0, 0.05) is 25.1 Å². The molecule has 0 unspecified atom stereocenters. The van der Waals surface area contributed by atoms with Gasteiger partial charge in [-0.1, -0.05) is 6.07 Å². The van der Waals surface area contributed by atoms with E-state index >= 15 is 0 Å². The molecule has 4 rings (SSSR count). The molecule has 1 amide bonds. The summed E-state index contributed by atoms with van der Waals surface area (Å²) in [5.74, 6) is 0.108. The van der Waals surface area contributed by atoms with Crippen molar-refractivity contribution >= 4 is 15.9 Å². The number of carbonyl (C=O) groups is 1. The predicted molar refractivity (Wildman–Crippen MR) is 118 cm³/mol. The van der Waals surface area contributed by atoms with E-state index in [0.29, 0.717) is 43.1 Å². The van der Waals surface area contributed by atoms with Crippen LogP contribution < -0.4 is 19.5 Å². The minimum atomic E-state index is -3.71. The van der Waals surface area contributed by atoms with Gasteiger partial charge in [-0.2, -0.15) is 4.31 Å². The molecule has 10 heteroatoms. The molecular weight excluding hydrogens is 451 g/mol. The second-order valence-corrected chi connectivity index (χ2v) is 10.0. The number of sulfonamides is 1. The van der Waals surface area contributed by atoms with E-state index < -0.39 is 21.9 Å². The second-order valence-electron chi connectivity index (χ2n) is 8.11. The van der Waals surface area contributed by atoms with Gasteiger partial charge in [0.2, 0.25) is 15.9 Å². The average Bonchev–Trinajstić information content (AvgIpc) is 2.83. The summed E-state index contributed by atoms with van der Waals surface area (Å²) < 4.78 is 57.4. The summed E-state index contributed by atoms with van der Waals surface area (Å²) in [6, 6.07) is 8.77. The number of ether oxygens (including phenoxy) is 3. The van der Waals surface area contributed by atoms with Gasteiger partial charge < -0.3 is 19.5 Å². The van der Waals surface area contributed by atoms with Crippen LogP contribution >= 0.6 is 0 Å². The topological polar surface area (TPSA) is 94.2 Å². The summed E-state index contributed by atoms with van der Waals surface area (Å²) in [6.45, 7) is 3.06. The summed E-state index contributed by atoms with van der Waals surface area (Å²) in [5, 5.41) is 2.91. The average molecular weight is 479 g/mol. The third-order valence-electron chi connectivity index (χ3n) is 6.01. The van der Waals surface area contributed by atoms with Crippen LogP contribution in [0.5, 0.6) is 17.2 Å². The predicted octanol–water partition coefficient (Wildman–Crippen LogP) is 2.88. The summed E-state index contributed by atoms with van der Waals surface area (Å²) in [5.41, 5.74) is 0.625. The maximum Gasteiger partial charge on any atom is 0.243 e. The van der Waals surface area contributed by atoms with Crippen molar-refractivity contribution in [2.75, 3.05) is 33.4 Å². The number of nitrogens with zero attached hydrogens (tertiary/aromatic N) is 1. The van der Waals surface area contributed by atoms with E-state index in [1.807, 2.05) is 0 Å². The molecule has 1 N–H and O–H groups in total. The largest absolute Gasteiger partial charge is 0.494 e. The maximum absolute atomic E-state index is 14.0. The van der Waals surface area contributed by atoms with Crippen LogP contribution in [0.3, 0.4) is 0 Å². The Hall–Kier alpha value is -2.85. The van der Waals surface area contributed by atoms with E-state index in [-0.39, 0.29) is 35.6 Å². The highest BCUT2D eigenvalue weighted by Gasteiger charge is 2.33. The first kappa shape index (κ1) is 23.3. The van der Waals surface area contributed by atoms with Gasteiger partial charge in [0.15, 0.2) is 23.1 Å². The van der Waals surface area contributed by atoms with Crippen LogP contribution in [0.15, 0.2) is 41.3 Å². The quantitative estimate of drug-likeness (QED) is 0.686. The number of hydrogen-bond donors (Lipinski definition) is 1. The number of hydrogen-bond acceptors (Lipinski definition) is 6. The summed E-state index contributed by atoms with van der Waals surface area (Å²) in [6.07, 6.45) is 0.804. The molecule has 2 heterocycles. The fourth-order valence-electron chi connectivity index (χ4n) is 4.06. The molecule has 178 valence electrons. The zero-order chi connectivity index (χ0) is 23.6. The molecule has 1 atom stereocenters. The number of rotatable bonds is 6. The van der Waals surface area contributed by atoms with Crippen LogP contribution in [0, 0.1) is 11.7 Å². The lowest BCUT2D eigenvalue weighted by atomic mass is 9.96. The van der Waals surface area contributed by atoms with Crippen molar-refractivity contribution in [3.8, 4) is 17.2 Å². The van der Waals surface area contributed by atoms with E-state index in [1.54, 1.807) is 19.1 Å². The van der Waals surface area contributed by atoms with E-state index in [2.05, 4.69) is 5.32 Å². The molecule has 0 saturated carbocycles. The van der Waals surface area contributed by atoms with Gasteiger partial charge in [0.05, 0.1) is 18.0 Å². The Bertz CT molecular complexity index is 1130. The fourth-order valence-corrected chi connectivity index (χ4v) is 5.54. The smallest absolute Gasteiger partial charge is 0.243 e. The van der Waals surface area contributed by atoms with Gasteiger partial charge >= 0.3 is 0 Å². The maximum atomic E-state index is 14.0. The van der Waals surface area contributed by atoms with Crippen LogP contribution in [0.1, 0.15) is 31.4 Å². The third kappa shape index (κ3) is 4.91. The lowest BCUT2D eigenvalue weighted by Gasteiger charge is -2.31. The van der Waals surface area contributed by atoms with Gasteiger partial charge in [-0.25, -0.2) is 12.8 Å². The van der Waals surface area contributed by atoms with Crippen molar-refractivity contribution in [2.24, 2.45) is 5.92 Å². The highest BCUT2D eigenvalue weighted by molar-refractivity contribution is 7.89. The van der Waals surface area contributed by atoms with Crippen molar-refractivity contribution in [2.45, 2.75) is 30.7 Å². The Morgan fingerprint density at radius 1 is 1.12 bits per heavy atom. The minimum absolute atomic E-state index is 0.142. The zero-order valence-corrected chi connectivity index (χ0v) is 19.4. The van der Waals surface area contributed by atoms with Crippen LogP contribution in [-0.2, 0) is 14.8 Å². The van der Waals surface area contributed by atoms with Crippen molar-refractivity contribution < 1.29 is 31.8 Å². The number of piperidine rings is 1. The third-order valence-corrected chi connectivity index (χ3v) is 7.91. The zero-order valence-electron chi connectivity index (χ0n) is 18.5. The number of amides is 1. The summed E-state index contributed by atoms with van der Waals surface area (Å²) in [4.78, 5) is 12.9. The lowest BCUT2D eigenvalue weighted by molar-refractivity contribution is -0.126. The first-order chi connectivity index (χ1) is 15.8. The molecule has 1 fully saturated rings. The second kappa shape index (κ2) is 9.56. The van der Waals surface area contributed by atoms with Crippen molar-refractivity contribution in [1.82, 2.24) is 9.62 Å². The molecule has 0 radical (unpaired) electrons. The Morgan fingerprint density at radius 2 is 1.82 bits per heavy atom. The van der Waals surface area contributed by atoms with Gasteiger partial charge in [-0.05, 0) is 49.6 Å². The molecule has 0 spiro atoms. The number of halogens is 1. The number of carbonyl (C=O) groups excluding carboxylic acids is 1. The van der Waals surface area contributed by atoms with Crippen LogP contribution in [0.2, 0.25) is 0 Å². The first-order valence-corrected chi connectivity index (χ1v) is 12.3. The Morgan fingerprint density at radius 3 is 2.48 bits per heavy atom.